The topological polar surface area (TPSA) is 41.5 Å². The molecule has 0 aliphatic rings. The molecule has 0 bridgehead atoms. The van der Waals surface area contributed by atoms with Gasteiger partial charge in [0, 0.05) is 6.54 Å². The fourth-order valence-corrected chi connectivity index (χ4v) is 2.14. The Bertz CT molecular complexity index is 533. The van der Waals surface area contributed by atoms with Crippen molar-refractivity contribution in [2.45, 2.75) is 12.5 Å². The minimum Gasteiger partial charge on any atom is -0.489 e. The molecule has 2 N–H and O–H groups in total. The molecule has 0 radical (unpaired) electrons. The van der Waals surface area contributed by atoms with Crippen LogP contribution in [0.5, 0.6) is 5.75 Å². The van der Waals surface area contributed by atoms with Gasteiger partial charge in [0.2, 0.25) is 0 Å². The molecule has 0 aliphatic heterocycles. The summed E-state index contributed by atoms with van der Waals surface area (Å²) < 4.78 is 5.49. The molecule has 0 aliphatic carbocycles. The second-order valence-corrected chi connectivity index (χ2v) is 5.24. The molecule has 2 rings (SSSR count). The van der Waals surface area contributed by atoms with Crippen LogP contribution in [-0.4, -0.2) is 30.9 Å². The molecule has 0 heterocycles. The maximum atomic E-state index is 9.87. The maximum Gasteiger partial charge on any atom is 0.138 e. The number of benzene rings is 2. The quantitative estimate of drug-likeness (QED) is 0.737. The molecule has 2 aromatic carbocycles. The number of aliphatic hydroxyl groups excluding tert-OH is 1. The fraction of sp³-hybridized carbons (Fsp3) is 0.294. The largest absolute Gasteiger partial charge is 0.489 e. The van der Waals surface area contributed by atoms with Gasteiger partial charge in [-0.15, -0.1) is 0 Å². The first-order chi connectivity index (χ1) is 10.3. The summed E-state index contributed by atoms with van der Waals surface area (Å²) >= 11 is 5.98. The summed E-state index contributed by atoms with van der Waals surface area (Å²) in [6, 6.07) is 17.5. The number of aliphatic hydroxyl groups is 1. The molecule has 1 atom stereocenters. The summed E-state index contributed by atoms with van der Waals surface area (Å²) in [5, 5.41) is 13.6. The van der Waals surface area contributed by atoms with Crippen LogP contribution in [0.15, 0.2) is 54.6 Å². The normalized spacial score (nSPS) is 12.1. The van der Waals surface area contributed by atoms with E-state index >= 15 is 0 Å². The molecule has 0 amide bonds. The first-order valence-electron chi connectivity index (χ1n) is 7.06. The van der Waals surface area contributed by atoms with Crippen molar-refractivity contribution in [1.29, 1.82) is 0 Å². The summed E-state index contributed by atoms with van der Waals surface area (Å²) in [7, 11) is 0. The Morgan fingerprint density at radius 3 is 2.52 bits per heavy atom. The molecular formula is C17H20ClNO2. The molecule has 0 fully saturated rings. The van der Waals surface area contributed by atoms with Gasteiger partial charge in [-0.3, -0.25) is 0 Å². The highest BCUT2D eigenvalue weighted by Gasteiger charge is 2.06. The zero-order valence-corrected chi connectivity index (χ0v) is 12.6. The van der Waals surface area contributed by atoms with E-state index in [0.29, 0.717) is 17.3 Å². The molecule has 4 heteroatoms. The van der Waals surface area contributed by atoms with Crippen molar-refractivity contribution >= 4 is 11.6 Å². The highest BCUT2D eigenvalue weighted by atomic mass is 35.5. The van der Waals surface area contributed by atoms with Gasteiger partial charge in [0.05, 0.1) is 5.02 Å². The minimum atomic E-state index is -0.558. The standard InChI is InChI=1S/C17H20ClNO2/c18-16-8-4-5-9-17(16)21-13-15(20)12-19-11-10-14-6-2-1-3-7-14/h1-9,15,19-20H,10-13H2/t15-/m0/s1. The van der Waals surface area contributed by atoms with Crippen LogP contribution in [0, 0.1) is 0 Å². The zero-order chi connectivity index (χ0) is 14.9. The van der Waals surface area contributed by atoms with Crippen LogP contribution in [0.25, 0.3) is 0 Å². The van der Waals surface area contributed by atoms with E-state index < -0.39 is 6.10 Å². The lowest BCUT2D eigenvalue weighted by atomic mass is 10.1. The smallest absolute Gasteiger partial charge is 0.138 e. The Morgan fingerprint density at radius 1 is 1.05 bits per heavy atom. The van der Waals surface area contributed by atoms with Crippen LogP contribution >= 0.6 is 11.6 Å². The summed E-state index contributed by atoms with van der Waals surface area (Å²) in [4.78, 5) is 0. The molecule has 0 spiro atoms. The fourth-order valence-electron chi connectivity index (χ4n) is 1.95. The van der Waals surface area contributed by atoms with Crippen molar-refractivity contribution in [1.82, 2.24) is 5.32 Å². The Labute approximate surface area is 130 Å². The van der Waals surface area contributed by atoms with Crippen LogP contribution in [0.4, 0.5) is 0 Å². The molecule has 0 unspecified atom stereocenters. The lowest BCUT2D eigenvalue weighted by molar-refractivity contribution is 0.107. The third kappa shape index (κ3) is 5.76. The number of para-hydroxylation sites is 1. The van der Waals surface area contributed by atoms with Gasteiger partial charge in [-0.05, 0) is 30.7 Å². The summed E-state index contributed by atoms with van der Waals surface area (Å²) in [5.74, 6) is 0.600. The number of ether oxygens (including phenoxy) is 1. The van der Waals surface area contributed by atoms with E-state index in [1.54, 1.807) is 12.1 Å². The second-order valence-electron chi connectivity index (χ2n) is 4.83. The van der Waals surface area contributed by atoms with Crippen LogP contribution in [-0.2, 0) is 6.42 Å². The highest BCUT2D eigenvalue weighted by molar-refractivity contribution is 6.32. The van der Waals surface area contributed by atoms with E-state index in [4.69, 9.17) is 16.3 Å². The Kier molecular flexibility index (Phi) is 6.54. The summed E-state index contributed by atoms with van der Waals surface area (Å²) in [6.45, 7) is 1.55. The average molecular weight is 306 g/mol. The van der Waals surface area contributed by atoms with Crippen LogP contribution in [0.3, 0.4) is 0 Å². The van der Waals surface area contributed by atoms with E-state index in [1.165, 1.54) is 5.56 Å². The van der Waals surface area contributed by atoms with E-state index in [0.717, 1.165) is 13.0 Å². The van der Waals surface area contributed by atoms with Crippen LogP contribution in [0.2, 0.25) is 5.02 Å². The third-order valence-corrected chi connectivity index (χ3v) is 3.39. The van der Waals surface area contributed by atoms with Gasteiger partial charge in [0.15, 0.2) is 0 Å². The maximum absolute atomic E-state index is 9.87. The van der Waals surface area contributed by atoms with Gasteiger partial charge >= 0.3 is 0 Å². The summed E-state index contributed by atoms with van der Waals surface area (Å²) in [5.41, 5.74) is 1.28. The van der Waals surface area contributed by atoms with E-state index in [1.807, 2.05) is 30.3 Å². The van der Waals surface area contributed by atoms with Gasteiger partial charge in [0.1, 0.15) is 18.5 Å². The Balaban J connectivity index is 1.62. The second kappa shape index (κ2) is 8.67. The van der Waals surface area contributed by atoms with Crippen LogP contribution < -0.4 is 10.1 Å². The highest BCUT2D eigenvalue weighted by Crippen LogP contribution is 2.22. The number of halogens is 1. The molecule has 0 saturated carbocycles. The van der Waals surface area contributed by atoms with Crippen LogP contribution in [0.1, 0.15) is 5.56 Å². The first-order valence-corrected chi connectivity index (χ1v) is 7.43. The van der Waals surface area contributed by atoms with Crippen molar-refractivity contribution < 1.29 is 9.84 Å². The van der Waals surface area contributed by atoms with Crippen molar-refractivity contribution in [3.05, 3.63) is 65.2 Å². The molecule has 3 nitrogen and oxygen atoms in total. The van der Waals surface area contributed by atoms with Crippen molar-refractivity contribution in [2.75, 3.05) is 19.7 Å². The molecule has 0 saturated heterocycles. The Hall–Kier alpha value is -1.55. The summed E-state index contributed by atoms with van der Waals surface area (Å²) in [6.07, 6.45) is 0.385. The molecule has 0 aromatic heterocycles. The van der Waals surface area contributed by atoms with E-state index in [9.17, 15) is 5.11 Å². The lowest BCUT2D eigenvalue weighted by Crippen LogP contribution is -2.32. The molecule has 2 aromatic rings. The van der Waals surface area contributed by atoms with Crippen molar-refractivity contribution in [2.24, 2.45) is 0 Å². The van der Waals surface area contributed by atoms with Crippen molar-refractivity contribution in [3.8, 4) is 5.75 Å². The predicted molar refractivity (Wildman–Crippen MR) is 86.0 cm³/mol. The monoisotopic (exact) mass is 305 g/mol. The average Bonchev–Trinajstić information content (AvgIpc) is 2.52. The van der Waals surface area contributed by atoms with Crippen molar-refractivity contribution in [3.63, 3.8) is 0 Å². The van der Waals surface area contributed by atoms with E-state index in [-0.39, 0.29) is 6.61 Å². The zero-order valence-electron chi connectivity index (χ0n) is 11.8. The SMILES string of the molecule is O[C@@H](CNCCc1ccccc1)COc1ccccc1Cl. The van der Waals surface area contributed by atoms with Gasteiger partial charge in [-0.25, -0.2) is 0 Å². The molecular weight excluding hydrogens is 286 g/mol. The van der Waals surface area contributed by atoms with E-state index in [2.05, 4.69) is 17.4 Å². The van der Waals surface area contributed by atoms with Gasteiger partial charge in [0.25, 0.3) is 0 Å². The first kappa shape index (κ1) is 15.8. The lowest BCUT2D eigenvalue weighted by Gasteiger charge is -2.14. The molecule has 112 valence electrons. The van der Waals surface area contributed by atoms with Gasteiger partial charge < -0.3 is 15.2 Å². The van der Waals surface area contributed by atoms with Gasteiger partial charge in [-0.1, -0.05) is 54.1 Å². The number of hydrogen-bond donors (Lipinski definition) is 2. The minimum absolute atomic E-state index is 0.224. The Morgan fingerprint density at radius 2 is 1.76 bits per heavy atom. The number of rotatable bonds is 8. The van der Waals surface area contributed by atoms with Gasteiger partial charge in [-0.2, -0.15) is 0 Å². The molecule has 21 heavy (non-hydrogen) atoms. The third-order valence-electron chi connectivity index (χ3n) is 3.08. The number of hydrogen-bond acceptors (Lipinski definition) is 3. The number of nitrogens with one attached hydrogen (secondary N) is 1. The predicted octanol–water partition coefficient (Wildman–Crippen LogP) is 2.91.